The highest BCUT2D eigenvalue weighted by Crippen LogP contribution is 2.37. The first-order valence-corrected chi connectivity index (χ1v) is 8.33. The first-order valence-electron chi connectivity index (χ1n) is 8.33. The molecule has 3 unspecified atom stereocenters. The van der Waals surface area contributed by atoms with Crippen molar-refractivity contribution in [2.24, 2.45) is 23.7 Å². The summed E-state index contributed by atoms with van der Waals surface area (Å²) in [6, 6.07) is 0. The monoisotopic (exact) mass is 252 g/mol. The SMILES string of the molecule is CC1CC(C)CC(C(O)CC2CCCCCC2)C1. The van der Waals surface area contributed by atoms with Crippen LogP contribution in [0.15, 0.2) is 0 Å². The van der Waals surface area contributed by atoms with Crippen molar-refractivity contribution in [1.82, 2.24) is 0 Å². The molecular weight excluding hydrogens is 220 g/mol. The highest BCUT2D eigenvalue weighted by Gasteiger charge is 2.30. The van der Waals surface area contributed by atoms with Gasteiger partial charge in [-0.05, 0) is 49.4 Å². The van der Waals surface area contributed by atoms with E-state index in [0.29, 0.717) is 5.92 Å². The molecule has 2 fully saturated rings. The fourth-order valence-electron chi connectivity index (χ4n) is 4.46. The highest BCUT2D eigenvalue weighted by molar-refractivity contribution is 4.81. The van der Waals surface area contributed by atoms with E-state index >= 15 is 0 Å². The molecule has 18 heavy (non-hydrogen) atoms. The van der Waals surface area contributed by atoms with Crippen LogP contribution in [-0.4, -0.2) is 11.2 Å². The molecular formula is C17H32O. The Kier molecular flexibility index (Phi) is 5.54. The molecule has 3 atom stereocenters. The van der Waals surface area contributed by atoms with E-state index in [1.165, 1.54) is 57.8 Å². The Morgan fingerprint density at radius 3 is 2.00 bits per heavy atom. The molecule has 0 radical (unpaired) electrons. The average Bonchev–Trinajstić information content (AvgIpc) is 2.56. The molecule has 1 N–H and O–H groups in total. The zero-order valence-corrected chi connectivity index (χ0v) is 12.4. The van der Waals surface area contributed by atoms with Crippen LogP contribution in [0.2, 0.25) is 0 Å². The maximum atomic E-state index is 10.6. The summed E-state index contributed by atoms with van der Waals surface area (Å²) in [5.74, 6) is 3.05. The first kappa shape index (κ1) is 14.4. The molecule has 1 heteroatoms. The Hall–Kier alpha value is -0.0400. The Labute approximate surface area is 113 Å². The molecule has 0 saturated heterocycles. The summed E-state index contributed by atoms with van der Waals surface area (Å²) in [6.45, 7) is 4.72. The van der Waals surface area contributed by atoms with Gasteiger partial charge < -0.3 is 5.11 Å². The van der Waals surface area contributed by atoms with Gasteiger partial charge >= 0.3 is 0 Å². The topological polar surface area (TPSA) is 20.2 Å². The number of hydrogen-bond donors (Lipinski definition) is 1. The zero-order chi connectivity index (χ0) is 13.0. The van der Waals surface area contributed by atoms with Gasteiger partial charge in [0.05, 0.1) is 6.10 Å². The predicted molar refractivity (Wildman–Crippen MR) is 77.5 cm³/mol. The van der Waals surface area contributed by atoms with Crippen molar-refractivity contribution in [2.45, 2.75) is 84.2 Å². The lowest BCUT2D eigenvalue weighted by Gasteiger charge is -2.35. The summed E-state index contributed by atoms with van der Waals surface area (Å²) >= 11 is 0. The second-order valence-corrected chi connectivity index (χ2v) is 7.34. The molecule has 0 bridgehead atoms. The standard InChI is InChI=1S/C17H32O/c1-13-9-14(2)11-16(10-13)17(18)12-15-7-5-3-4-6-8-15/h13-18H,3-12H2,1-2H3. The summed E-state index contributed by atoms with van der Waals surface area (Å²) in [5.41, 5.74) is 0. The van der Waals surface area contributed by atoms with Gasteiger partial charge in [0.15, 0.2) is 0 Å². The van der Waals surface area contributed by atoms with Gasteiger partial charge in [-0.15, -0.1) is 0 Å². The van der Waals surface area contributed by atoms with Crippen molar-refractivity contribution in [3.8, 4) is 0 Å². The lowest BCUT2D eigenvalue weighted by molar-refractivity contribution is 0.0361. The van der Waals surface area contributed by atoms with E-state index < -0.39 is 0 Å². The molecule has 0 aromatic heterocycles. The number of aliphatic hydroxyl groups excluding tert-OH is 1. The van der Waals surface area contributed by atoms with Crippen LogP contribution in [-0.2, 0) is 0 Å². The third-order valence-corrected chi connectivity index (χ3v) is 5.31. The van der Waals surface area contributed by atoms with Gasteiger partial charge in [0.25, 0.3) is 0 Å². The Balaban J connectivity index is 1.80. The zero-order valence-electron chi connectivity index (χ0n) is 12.4. The van der Waals surface area contributed by atoms with Gasteiger partial charge in [0.1, 0.15) is 0 Å². The third kappa shape index (κ3) is 4.26. The highest BCUT2D eigenvalue weighted by atomic mass is 16.3. The van der Waals surface area contributed by atoms with Crippen molar-refractivity contribution < 1.29 is 5.11 Å². The van der Waals surface area contributed by atoms with Gasteiger partial charge in [-0.2, -0.15) is 0 Å². The largest absolute Gasteiger partial charge is 0.393 e. The Bertz CT molecular complexity index is 220. The van der Waals surface area contributed by atoms with Crippen LogP contribution in [0.5, 0.6) is 0 Å². The van der Waals surface area contributed by atoms with Crippen molar-refractivity contribution in [1.29, 1.82) is 0 Å². The molecule has 2 aliphatic rings. The number of aliphatic hydroxyl groups is 1. The van der Waals surface area contributed by atoms with E-state index in [4.69, 9.17) is 0 Å². The van der Waals surface area contributed by atoms with Gasteiger partial charge in [0, 0.05) is 0 Å². The molecule has 0 spiro atoms. The molecule has 0 aromatic rings. The summed E-state index contributed by atoms with van der Waals surface area (Å²) in [4.78, 5) is 0. The van der Waals surface area contributed by atoms with E-state index in [0.717, 1.165) is 24.2 Å². The van der Waals surface area contributed by atoms with Crippen molar-refractivity contribution in [2.75, 3.05) is 0 Å². The number of rotatable bonds is 3. The summed E-state index contributed by atoms with van der Waals surface area (Å²) < 4.78 is 0. The molecule has 0 heterocycles. The van der Waals surface area contributed by atoms with Crippen LogP contribution in [0.4, 0.5) is 0 Å². The smallest absolute Gasteiger partial charge is 0.0571 e. The van der Waals surface area contributed by atoms with E-state index in [-0.39, 0.29) is 6.10 Å². The van der Waals surface area contributed by atoms with Crippen LogP contribution >= 0.6 is 0 Å². The summed E-state index contributed by atoms with van der Waals surface area (Å²) in [6.07, 6.45) is 13.3. The van der Waals surface area contributed by atoms with E-state index in [2.05, 4.69) is 13.8 Å². The van der Waals surface area contributed by atoms with Crippen LogP contribution in [0, 0.1) is 23.7 Å². The number of hydrogen-bond acceptors (Lipinski definition) is 1. The minimum absolute atomic E-state index is 0.0155. The minimum Gasteiger partial charge on any atom is -0.393 e. The maximum Gasteiger partial charge on any atom is 0.0571 e. The normalized spacial score (nSPS) is 37.2. The van der Waals surface area contributed by atoms with Crippen LogP contribution in [0.1, 0.15) is 78.1 Å². The maximum absolute atomic E-state index is 10.6. The summed E-state index contributed by atoms with van der Waals surface area (Å²) in [5, 5.41) is 10.6. The van der Waals surface area contributed by atoms with E-state index in [1.54, 1.807) is 0 Å². The van der Waals surface area contributed by atoms with Gasteiger partial charge in [-0.25, -0.2) is 0 Å². The van der Waals surface area contributed by atoms with Crippen molar-refractivity contribution >= 4 is 0 Å². The van der Waals surface area contributed by atoms with E-state index in [9.17, 15) is 5.11 Å². The lowest BCUT2D eigenvalue weighted by atomic mass is 9.73. The van der Waals surface area contributed by atoms with Crippen molar-refractivity contribution in [3.05, 3.63) is 0 Å². The Morgan fingerprint density at radius 1 is 0.889 bits per heavy atom. The predicted octanol–water partition coefficient (Wildman–Crippen LogP) is 4.78. The van der Waals surface area contributed by atoms with Crippen LogP contribution in [0.25, 0.3) is 0 Å². The minimum atomic E-state index is -0.0155. The quantitative estimate of drug-likeness (QED) is 0.717. The van der Waals surface area contributed by atoms with Gasteiger partial charge in [-0.3, -0.25) is 0 Å². The summed E-state index contributed by atoms with van der Waals surface area (Å²) in [7, 11) is 0. The van der Waals surface area contributed by atoms with Crippen LogP contribution < -0.4 is 0 Å². The van der Waals surface area contributed by atoms with Crippen molar-refractivity contribution in [3.63, 3.8) is 0 Å². The fraction of sp³-hybridized carbons (Fsp3) is 1.00. The molecule has 0 aromatic carbocycles. The van der Waals surface area contributed by atoms with Gasteiger partial charge in [-0.1, -0.05) is 52.4 Å². The second kappa shape index (κ2) is 6.93. The van der Waals surface area contributed by atoms with E-state index in [1.807, 2.05) is 0 Å². The fourth-order valence-corrected chi connectivity index (χ4v) is 4.46. The lowest BCUT2D eigenvalue weighted by Crippen LogP contribution is -2.30. The molecule has 1 nitrogen and oxygen atoms in total. The third-order valence-electron chi connectivity index (χ3n) is 5.31. The second-order valence-electron chi connectivity index (χ2n) is 7.34. The molecule has 106 valence electrons. The molecule has 2 rings (SSSR count). The van der Waals surface area contributed by atoms with Crippen LogP contribution in [0.3, 0.4) is 0 Å². The Morgan fingerprint density at radius 2 is 1.44 bits per heavy atom. The molecule has 2 aliphatic carbocycles. The average molecular weight is 252 g/mol. The molecule has 0 amide bonds. The first-order chi connectivity index (χ1) is 8.65. The van der Waals surface area contributed by atoms with Gasteiger partial charge in [0.2, 0.25) is 0 Å². The molecule has 0 aliphatic heterocycles. The molecule has 2 saturated carbocycles.